The molecule has 0 atom stereocenters. The highest BCUT2D eigenvalue weighted by Gasteiger charge is 2.22. The van der Waals surface area contributed by atoms with Gasteiger partial charge in [-0.1, -0.05) is 0 Å². The Morgan fingerprint density at radius 3 is 2.65 bits per heavy atom. The van der Waals surface area contributed by atoms with Crippen LogP contribution in [0.1, 0.15) is 37.4 Å². The molecule has 106 valence electrons. The predicted molar refractivity (Wildman–Crippen MR) is 73.1 cm³/mol. The summed E-state index contributed by atoms with van der Waals surface area (Å²) in [7, 11) is 0. The summed E-state index contributed by atoms with van der Waals surface area (Å²) in [5, 5.41) is 0. The van der Waals surface area contributed by atoms with E-state index in [0.29, 0.717) is 11.6 Å². The van der Waals surface area contributed by atoms with Crippen molar-refractivity contribution in [1.29, 1.82) is 0 Å². The molecular weight excluding hydrogens is 260 g/mol. The first-order chi connectivity index (χ1) is 9.63. The third kappa shape index (κ3) is 2.58. The SMILES string of the molecule is NC1CCC(c2ncc(-c3cc(F)ccc3F)[nH]2)CC1. The third-order valence-corrected chi connectivity index (χ3v) is 3.97. The van der Waals surface area contributed by atoms with Crippen LogP contribution in [0.4, 0.5) is 8.78 Å². The van der Waals surface area contributed by atoms with E-state index in [2.05, 4.69) is 9.97 Å². The van der Waals surface area contributed by atoms with Gasteiger partial charge >= 0.3 is 0 Å². The predicted octanol–water partition coefficient (Wildman–Crippen LogP) is 3.34. The van der Waals surface area contributed by atoms with Gasteiger partial charge in [0, 0.05) is 17.5 Å². The minimum absolute atomic E-state index is 0.219. The minimum atomic E-state index is -0.457. The van der Waals surface area contributed by atoms with Gasteiger partial charge in [-0.3, -0.25) is 0 Å². The molecule has 20 heavy (non-hydrogen) atoms. The second kappa shape index (κ2) is 5.32. The molecule has 3 nitrogen and oxygen atoms in total. The third-order valence-electron chi connectivity index (χ3n) is 3.97. The Hall–Kier alpha value is -1.75. The van der Waals surface area contributed by atoms with Crippen LogP contribution in [0.15, 0.2) is 24.4 Å². The zero-order valence-electron chi connectivity index (χ0n) is 11.1. The first kappa shape index (κ1) is 13.2. The summed E-state index contributed by atoms with van der Waals surface area (Å²) < 4.78 is 26.9. The van der Waals surface area contributed by atoms with Gasteiger partial charge in [0.25, 0.3) is 0 Å². The molecule has 3 N–H and O–H groups in total. The molecule has 0 radical (unpaired) electrons. The number of aromatic amines is 1. The molecule has 1 saturated carbocycles. The number of hydrogen-bond acceptors (Lipinski definition) is 2. The van der Waals surface area contributed by atoms with Crippen molar-refractivity contribution in [2.45, 2.75) is 37.6 Å². The van der Waals surface area contributed by atoms with Gasteiger partial charge in [-0.25, -0.2) is 13.8 Å². The van der Waals surface area contributed by atoms with E-state index >= 15 is 0 Å². The number of aromatic nitrogens is 2. The van der Waals surface area contributed by atoms with Crippen LogP contribution < -0.4 is 5.73 Å². The van der Waals surface area contributed by atoms with Crippen molar-refractivity contribution in [2.24, 2.45) is 5.73 Å². The highest BCUT2D eigenvalue weighted by atomic mass is 19.1. The van der Waals surface area contributed by atoms with Crippen molar-refractivity contribution in [3.05, 3.63) is 41.9 Å². The first-order valence-corrected chi connectivity index (χ1v) is 6.89. The Morgan fingerprint density at radius 1 is 1.15 bits per heavy atom. The van der Waals surface area contributed by atoms with E-state index in [4.69, 9.17) is 5.73 Å². The van der Waals surface area contributed by atoms with Gasteiger partial charge in [-0.15, -0.1) is 0 Å². The molecule has 2 aromatic rings. The van der Waals surface area contributed by atoms with E-state index < -0.39 is 11.6 Å². The van der Waals surface area contributed by atoms with E-state index in [0.717, 1.165) is 43.6 Å². The van der Waals surface area contributed by atoms with Crippen LogP contribution in [0.25, 0.3) is 11.3 Å². The van der Waals surface area contributed by atoms with E-state index in [-0.39, 0.29) is 11.6 Å². The normalized spacial score (nSPS) is 22.9. The number of benzene rings is 1. The Kier molecular flexibility index (Phi) is 3.53. The molecule has 0 amide bonds. The summed E-state index contributed by atoms with van der Waals surface area (Å²) in [4.78, 5) is 7.45. The van der Waals surface area contributed by atoms with Crippen LogP contribution in [0, 0.1) is 11.6 Å². The zero-order chi connectivity index (χ0) is 14.1. The lowest BCUT2D eigenvalue weighted by atomic mass is 9.86. The quantitative estimate of drug-likeness (QED) is 0.884. The van der Waals surface area contributed by atoms with Crippen LogP contribution in [0.2, 0.25) is 0 Å². The van der Waals surface area contributed by atoms with Crippen LogP contribution >= 0.6 is 0 Å². The molecule has 1 fully saturated rings. The van der Waals surface area contributed by atoms with Crippen molar-refractivity contribution in [3.8, 4) is 11.3 Å². The van der Waals surface area contributed by atoms with E-state index in [9.17, 15) is 8.78 Å². The molecule has 1 aliphatic carbocycles. The van der Waals surface area contributed by atoms with E-state index in [1.165, 1.54) is 6.07 Å². The molecule has 0 saturated heterocycles. The average molecular weight is 277 g/mol. The number of nitrogens with zero attached hydrogens (tertiary/aromatic N) is 1. The number of halogens is 2. The van der Waals surface area contributed by atoms with Gasteiger partial charge in [-0.2, -0.15) is 0 Å². The van der Waals surface area contributed by atoms with Gasteiger partial charge in [0.1, 0.15) is 17.5 Å². The second-order valence-electron chi connectivity index (χ2n) is 5.42. The van der Waals surface area contributed by atoms with Crippen LogP contribution in [-0.4, -0.2) is 16.0 Å². The fraction of sp³-hybridized carbons (Fsp3) is 0.400. The fourth-order valence-electron chi connectivity index (χ4n) is 2.78. The van der Waals surface area contributed by atoms with Crippen molar-refractivity contribution in [3.63, 3.8) is 0 Å². The van der Waals surface area contributed by atoms with Gasteiger partial charge in [0.05, 0.1) is 11.9 Å². The lowest BCUT2D eigenvalue weighted by Gasteiger charge is -2.24. The fourth-order valence-corrected chi connectivity index (χ4v) is 2.78. The molecule has 0 unspecified atom stereocenters. The second-order valence-corrected chi connectivity index (χ2v) is 5.42. The van der Waals surface area contributed by atoms with Gasteiger partial charge in [0.15, 0.2) is 0 Å². The van der Waals surface area contributed by atoms with Crippen molar-refractivity contribution < 1.29 is 8.78 Å². The number of nitrogens with one attached hydrogen (secondary N) is 1. The smallest absolute Gasteiger partial charge is 0.132 e. The van der Waals surface area contributed by atoms with Gasteiger partial charge in [-0.05, 0) is 43.9 Å². The topological polar surface area (TPSA) is 54.7 Å². The monoisotopic (exact) mass is 277 g/mol. The Morgan fingerprint density at radius 2 is 1.90 bits per heavy atom. The van der Waals surface area contributed by atoms with Crippen molar-refractivity contribution >= 4 is 0 Å². The lowest BCUT2D eigenvalue weighted by Crippen LogP contribution is -2.26. The summed E-state index contributed by atoms with van der Waals surface area (Å²) in [6.45, 7) is 0. The molecule has 1 aromatic heterocycles. The van der Waals surface area contributed by atoms with Gasteiger partial charge < -0.3 is 10.7 Å². The largest absolute Gasteiger partial charge is 0.342 e. The highest BCUT2D eigenvalue weighted by molar-refractivity contribution is 5.59. The standard InChI is InChI=1S/C15H17F2N3/c16-10-3-6-13(17)12(7-10)14-8-19-15(20-14)9-1-4-11(18)5-2-9/h3,6-9,11H,1-2,4-5,18H2,(H,19,20). The number of hydrogen-bond donors (Lipinski definition) is 2. The summed E-state index contributed by atoms with van der Waals surface area (Å²) >= 11 is 0. The van der Waals surface area contributed by atoms with Gasteiger partial charge in [0.2, 0.25) is 0 Å². The van der Waals surface area contributed by atoms with Crippen LogP contribution in [0.5, 0.6) is 0 Å². The maximum atomic E-state index is 13.7. The summed E-state index contributed by atoms with van der Waals surface area (Å²) in [6.07, 6.45) is 5.51. The van der Waals surface area contributed by atoms with Crippen LogP contribution in [-0.2, 0) is 0 Å². The molecule has 5 heteroatoms. The minimum Gasteiger partial charge on any atom is -0.342 e. The number of nitrogens with two attached hydrogens (primary N) is 1. The molecule has 0 spiro atoms. The summed E-state index contributed by atoms with van der Waals surface area (Å²) in [5.74, 6) is 0.268. The lowest BCUT2D eigenvalue weighted by molar-refractivity contribution is 0.386. The maximum absolute atomic E-state index is 13.7. The molecule has 3 rings (SSSR count). The van der Waals surface area contributed by atoms with Crippen molar-refractivity contribution in [2.75, 3.05) is 0 Å². The molecule has 0 aliphatic heterocycles. The Bertz CT molecular complexity index is 601. The highest BCUT2D eigenvalue weighted by Crippen LogP contribution is 2.32. The number of imidazole rings is 1. The first-order valence-electron chi connectivity index (χ1n) is 6.89. The van der Waals surface area contributed by atoms with E-state index in [1.807, 2.05) is 0 Å². The van der Waals surface area contributed by atoms with E-state index in [1.54, 1.807) is 6.20 Å². The Balaban J connectivity index is 1.85. The molecule has 1 aliphatic rings. The number of rotatable bonds is 2. The van der Waals surface area contributed by atoms with Crippen molar-refractivity contribution in [1.82, 2.24) is 9.97 Å². The maximum Gasteiger partial charge on any atom is 0.132 e. The number of H-pyrrole nitrogens is 1. The zero-order valence-corrected chi connectivity index (χ0v) is 11.1. The molecule has 1 aromatic carbocycles. The molecule has 0 bridgehead atoms. The van der Waals surface area contributed by atoms with Crippen LogP contribution in [0.3, 0.4) is 0 Å². The molecular formula is C15H17F2N3. The summed E-state index contributed by atoms with van der Waals surface area (Å²) in [6, 6.07) is 3.70. The average Bonchev–Trinajstić information content (AvgIpc) is 2.92. The Labute approximate surface area is 116 Å². The molecule has 1 heterocycles. The summed E-state index contributed by atoms with van der Waals surface area (Å²) in [5.41, 5.74) is 6.62.